The summed E-state index contributed by atoms with van der Waals surface area (Å²) in [6, 6.07) is 3.00. The van der Waals surface area contributed by atoms with Crippen molar-refractivity contribution in [3.05, 3.63) is 29.1 Å². The summed E-state index contributed by atoms with van der Waals surface area (Å²) in [5.41, 5.74) is 0.888. The third kappa shape index (κ3) is 1.50. The molecule has 0 heterocycles. The highest BCUT2D eigenvalue weighted by Gasteiger charge is 2.07. The van der Waals surface area contributed by atoms with Crippen molar-refractivity contribution in [3.8, 4) is 0 Å². The molecule has 0 fully saturated rings. The van der Waals surface area contributed by atoms with Crippen molar-refractivity contribution in [2.45, 2.75) is 11.8 Å². The average molecular weight is 184 g/mol. The summed E-state index contributed by atoms with van der Waals surface area (Å²) in [7, 11) is 0. The summed E-state index contributed by atoms with van der Waals surface area (Å²) in [6.45, 7) is 1.61. The van der Waals surface area contributed by atoms with E-state index in [1.165, 1.54) is 17.8 Å². The highest BCUT2D eigenvalue weighted by Crippen LogP contribution is 2.23. The van der Waals surface area contributed by atoms with Crippen LogP contribution < -0.4 is 0 Å². The Balaban J connectivity index is 3.35. The van der Waals surface area contributed by atoms with Crippen LogP contribution in [-0.4, -0.2) is 12.5 Å². The fourth-order valence-electron chi connectivity index (χ4n) is 1.00. The normalized spacial score (nSPS) is 9.92. The lowest BCUT2D eigenvalue weighted by Gasteiger charge is -2.04. The van der Waals surface area contributed by atoms with Gasteiger partial charge in [-0.2, -0.15) is 0 Å². The highest BCUT2D eigenvalue weighted by molar-refractivity contribution is 7.98. The SMILES string of the molecule is CSc1ccc(F)c(C)c1C=O. The number of halogens is 1. The molecule has 1 aromatic carbocycles. The number of thioether (sulfide) groups is 1. The van der Waals surface area contributed by atoms with Gasteiger partial charge in [0.15, 0.2) is 6.29 Å². The largest absolute Gasteiger partial charge is 0.298 e. The van der Waals surface area contributed by atoms with E-state index in [4.69, 9.17) is 0 Å². The lowest BCUT2D eigenvalue weighted by Crippen LogP contribution is -1.93. The second-order valence-electron chi connectivity index (χ2n) is 2.41. The zero-order valence-corrected chi connectivity index (χ0v) is 7.74. The molecule has 0 saturated heterocycles. The number of rotatable bonds is 2. The van der Waals surface area contributed by atoms with E-state index in [-0.39, 0.29) is 5.82 Å². The van der Waals surface area contributed by atoms with E-state index < -0.39 is 0 Å². The van der Waals surface area contributed by atoms with Crippen molar-refractivity contribution in [2.75, 3.05) is 6.26 Å². The molecule has 0 aliphatic carbocycles. The van der Waals surface area contributed by atoms with Crippen LogP contribution in [0.4, 0.5) is 4.39 Å². The molecule has 0 saturated carbocycles. The minimum Gasteiger partial charge on any atom is -0.298 e. The quantitative estimate of drug-likeness (QED) is 0.519. The molecule has 1 rings (SSSR count). The third-order valence-corrected chi connectivity index (χ3v) is 2.54. The van der Waals surface area contributed by atoms with Crippen LogP contribution >= 0.6 is 11.8 Å². The van der Waals surface area contributed by atoms with Gasteiger partial charge in [0.05, 0.1) is 0 Å². The molecule has 0 radical (unpaired) electrons. The van der Waals surface area contributed by atoms with Crippen LogP contribution in [0.5, 0.6) is 0 Å². The molecule has 1 aromatic rings. The summed E-state index contributed by atoms with van der Waals surface area (Å²) in [4.78, 5) is 11.4. The fraction of sp³-hybridized carbons (Fsp3) is 0.222. The number of aldehydes is 1. The molecule has 0 bridgehead atoms. The number of carbonyl (C=O) groups is 1. The summed E-state index contributed by atoms with van der Waals surface area (Å²) < 4.78 is 12.9. The molecule has 0 atom stereocenters. The zero-order valence-electron chi connectivity index (χ0n) is 6.93. The van der Waals surface area contributed by atoms with Gasteiger partial charge in [-0.15, -0.1) is 11.8 Å². The van der Waals surface area contributed by atoms with Crippen LogP contribution in [-0.2, 0) is 0 Å². The maximum atomic E-state index is 12.9. The van der Waals surface area contributed by atoms with Gasteiger partial charge >= 0.3 is 0 Å². The molecule has 0 aromatic heterocycles. The Labute approximate surface area is 75.0 Å². The van der Waals surface area contributed by atoms with Crippen molar-refractivity contribution in [2.24, 2.45) is 0 Å². The average Bonchev–Trinajstić information content (AvgIpc) is 2.09. The summed E-state index contributed by atoms with van der Waals surface area (Å²) in [5.74, 6) is -0.324. The predicted octanol–water partition coefficient (Wildman–Crippen LogP) is 2.67. The van der Waals surface area contributed by atoms with Crippen molar-refractivity contribution in [1.82, 2.24) is 0 Å². The number of hydrogen-bond acceptors (Lipinski definition) is 2. The van der Waals surface area contributed by atoms with Crippen molar-refractivity contribution in [3.63, 3.8) is 0 Å². The van der Waals surface area contributed by atoms with Gasteiger partial charge in [-0.25, -0.2) is 4.39 Å². The predicted molar refractivity (Wildman–Crippen MR) is 48.3 cm³/mol. The van der Waals surface area contributed by atoms with Crippen LogP contribution in [0.3, 0.4) is 0 Å². The smallest absolute Gasteiger partial charge is 0.151 e. The molecule has 3 heteroatoms. The lowest BCUT2D eigenvalue weighted by molar-refractivity contribution is 0.112. The molecular formula is C9H9FOS. The van der Waals surface area contributed by atoms with Gasteiger partial charge in [0.1, 0.15) is 5.82 Å². The van der Waals surface area contributed by atoms with E-state index in [0.717, 1.165) is 4.90 Å². The summed E-state index contributed by atoms with van der Waals surface area (Å²) in [6.07, 6.45) is 2.56. The fourth-order valence-corrected chi connectivity index (χ4v) is 1.63. The van der Waals surface area contributed by atoms with Gasteiger partial charge in [0.25, 0.3) is 0 Å². The number of carbonyl (C=O) groups excluding carboxylic acids is 1. The molecule has 0 unspecified atom stereocenters. The van der Waals surface area contributed by atoms with Crippen LogP contribution in [0.15, 0.2) is 17.0 Å². The Kier molecular flexibility index (Phi) is 2.87. The second kappa shape index (κ2) is 3.72. The molecule has 12 heavy (non-hydrogen) atoms. The maximum absolute atomic E-state index is 12.9. The molecule has 0 aliphatic heterocycles. The molecule has 64 valence electrons. The zero-order chi connectivity index (χ0) is 9.14. The Bertz CT molecular complexity index is 310. The standard InChI is InChI=1S/C9H9FOS/c1-6-7(5-11)9(12-2)4-3-8(6)10/h3-5H,1-2H3. The molecular weight excluding hydrogens is 175 g/mol. The van der Waals surface area contributed by atoms with Crippen LogP contribution in [0.25, 0.3) is 0 Å². The maximum Gasteiger partial charge on any atom is 0.151 e. The summed E-state index contributed by atoms with van der Waals surface area (Å²) >= 11 is 1.44. The first-order valence-corrected chi connectivity index (χ1v) is 4.71. The van der Waals surface area contributed by atoms with Crippen molar-refractivity contribution < 1.29 is 9.18 Å². The molecule has 0 amide bonds. The second-order valence-corrected chi connectivity index (χ2v) is 3.25. The number of benzene rings is 1. The van der Waals surface area contributed by atoms with Crippen LogP contribution in [0, 0.1) is 12.7 Å². The molecule has 0 spiro atoms. The van der Waals surface area contributed by atoms with E-state index in [9.17, 15) is 9.18 Å². The third-order valence-electron chi connectivity index (χ3n) is 1.75. The van der Waals surface area contributed by atoms with Gasteiger partial charge in [0.2, 0.25) is 0 Å². The van der Waals surface area contributed by atoms with Gasteiger partial charge < -0.3 is 0 Å². The van der Waals surface area contributed by atoms with E-state index >= 15 is 0 Å². The minimum absolute atomic E-state index is 0.324. The van der Waals surface area contributed by atoms with Crippen molar-refractivity contribution >= 4 is 18.0 Å². The van der Waals surface area contributed by atoms with E-state index in [0.29, 0.717) is 17.4 Å². The Hall–Kier alpha value is -0.830. The molecule has 0 N–H and O–H groups in total. The van der Waals surface area contributed by atoms with Crippen LogP contribution in [0.1, 0.15) is 15.9 Å². The topological polar surface area (TPSA) is 17.1 Å². The van der Waals surface area contributed by atoms with Gasteiger partial charge in [-0.05, 0) is 30.9 Å². The Morgan fingerprint density at radius 2 is 2.17 bits per heavy atom. The van der Waals surface area contributed by atoms with Gasteiger partial charge in [-0.3, -0.25) is 4.79 Å². The highest BCUT2D eigenvalue weighted by atomic mass is 32.2. The Morgan fingerprint density at radius 3 is 2.67 bits per heavy atom. The lowest BCUT2D eigenvalue weighted by atomic mass is 10.1. The van der Waals surface area contributed by atoms with Gasteiger partial charge in [-0.1, -0.05) is 0 Å². The van der Waals surface area contributed by atoms with Crippen LogP contribution in [0.2, 0.25) is 0 Å². The first-order chi connectivity index (χ1) is 5.70. The minimum atomic E-state index is -0.324. The molecule has 0 aliphatic rings. The van der Waals surface area contributed by atoms with E-state index in [1.54, 1.807) is 13.0 Å². The summed E-state index contributed by atoms with van der Waals surface area (Å²) in [5, 5.41) is 0. The van der Waals surface area contributed by atoms with Crippen molar-refractivity contribution in [1.29, 1.82) is 0 Å². The Morgan fingerprint density at radius 1 is 1.50 bits per heavy atom. The first kappa shape index (κ1) is 9.26. The monoisotopic (exact) mass is 184 g/mol. The van der Waals surface area contributed by atoms with E-state index in [2.05, 4.69) is 0 Å². The number of hydrogen-bond donors (Lipinski definition) is 0. The first-order valence-electron chi connectivity index (χ1n) is 3.49. The van der Waals surface area contributed by atoms with Gasteiger partial charge in [0, 0.05) is 10.5 Å². The van der Waals surface area contributed by atoms with E-state index in [1.807, 2.05) is 6.26 Å². The molecule has 1 nitrogen and oxygen atoms in total.